The molecule has 0 amide bonds. The average Bonchev–Trinajstić information content (AvgIpc) is 2.60. The molecule has 0 saturated carbocycles. The third kappa shape index (κ3) is 4.55. The van der Waals surface area contributed by atoms with Crippen LogP contribution in [0.5, 0.6) is 11.5 Å². The summed E-state index contributed by atoms with van der Waals surface area (Å²) in [5, 5.41) is 11.8. The minimum absolute atomic E-state index is 0.211. The van der Waals surface area contributed by atoms with Gasteiger partial charge in [0.1, 0.15) is 5.69 Å². The predicted molar refractivity (Wildman–Crippen MR) is 92.0 cm³/mol. The maximum Gasteiger partial charge on any atom is 0.274 e. The number of aromatic nitrogens is 3. The molecule has 24 heavy (non-hydrogen) atoms. The Hall–Kier alpha value is -2.90. The van der Waals surface area contributed by atoms with Gasteiger partial charge in [0.15, 0.2) is 11.5 Å². The second-order valence-corrected chi connectivity index (χ2v) is 5.03. The van der Waals surface area contributed by atoms with Crippen LogP contribution in [0.3, 0.4) is 0 Å². The zero-order valence-electron chi connectivity index (χ0n) is 14.0. The Labute approximate surface area is 139 Å². The quantitative estimate of drug-likeness (QED) is 0.566. The molecule has 0 bridgehead atoms. The first-order chi connectivity index (χ1) is 11.7. The molecule has 0 aliphatic rings. The summed E-state index contributed by atoms with van der Waals surface area (Å²) in [6.45, 7) is 2.05. The number of anilines is 1. The van der Waals surface area contributed by atoms with Gasteiger partial charge in [-0.05, 0) is 24.1 Å². The highest BCUT2D eigenvalue weighted by atomic mass is 16.5. The van der Waals surface area contributed by atoms with Gasteiger partial charge in [-0.1, -0.05) is 19.4 Å². The van der Waals surface area contributed by atoms with Crippen LogP contribution in [-0.2, 0) is 6.42 Å². The van der Waals surface area contributed by atoms with Gasteiger partial charge in [0, 0.05) is 12.6 Å². The van der Waals surface area contributed by atoms with Crippen LogP contribution >= 0.6 is 0 Å². The van der Waals surface area contributed by atoms with Crippen molar-refractivity contribution in [3.8, 4) is 11.5 Å². The topological polar surface area (TPSA) is 101 Å². The van der Waals surface area contributed by atoms with E-state index >= 15 is 0 Å². The van der Waals surface area contributed by atoms with Crippen molar-refractivity contribution in [2.45, 2.75) is 26.2 Å². The number of nitrogens with zero attached hydrogens (tertiary/aromatic N) is 3. The van der Waals surface area contributed by atoms with Crippen molar-refractivity contribution >= 4 is 12.2 Å². The number of hydrogen-bond donors (Lipinski definition) is 2. The van der Waals surface area contributed by atoms with Gasteiger partial charge in [0.25, 0.3) is 5.56 Å². The molecule has 0 saturated heterocycles. The molecule has 1 heterocycles. The van der Waals surface area contributed by atoms with Gasteiger partial charge in [0.05, 0.1) is 14.2 Å². The lowest BCUT2D eigenvalue weighted by Gasteiger charge is -2.09. The predicted octanol–water partition coefficient (Wildman–Crippen LogP) is 1.97. The van der Waals surface area contributed by atoms with Crippen molar-refractivity contribution in [1.29, 1.82) is 0 Å². The molecule has 0 aliphatic heterocycles. The number of hydrazone groups is 1. The van der Waals surface area contributed by atoms with Crippen LogP contribution in [-0.4, -0.2) is 35.6 Å². The van der Waals surface area contributed by atoms with Crippen LogP contribution in [0.4, 0.5) is 5.95 Å². The fourth-order valence-corrected chi connectivity index (χ4v) is 2.01. The van der Waals surface area contributed by atoms with Crippen LogP contribution < -0.4 is 20.5 Å². The molecule has 0 spiro atoms. The Bertz CT molecular complexity index is 758. The van der Waals surface area contributed by atoms with Crippen molar-refractivity contribution in [3.05, 3.63) is 39.8 Å². The van der Waals surface area contributed by atoms with E-state index in [9.17, 15) is 4.79 Å². The van der Waals surface area contributed by atoms with E-state index in [0.717, 1.165) is 18.4 Å². The van der Waals surface area contributed by atoms with Crippen LogP contribution in [0.15, 0.2) is 28.1 Å². The highest BCUT2D eigenvalue weighted by molar-refractivity contribution is 5.58. The van der Waals surface area contributed by atoms with Crippen LogP contribution in [0.25, 0.3) is 0 Å². The van der Waals surface area contributed by atoms with Crippen LogP contribution in [0.1, 0.15) is 31.0 Å². The van der Waals surface area contributed by atoms with E-state index in [1.807, 2.05) is 6.07 Å². The molecule has 1 aromatic heterocycles. The molecule has 1 aromatic carbocycles. The normalized spacial score (nSPS) is 10.8. The number of ether oxygens (including phenoxy) is 2. The monoisotopic (exact) mass is 331 g/mol. The van der Waals surface area contributed by atoms with Gasteiger partial charge in [-0.25, -0.2) is 5.43 Å². The largest absolute Gasteiger partial charge is 0.493 e. The standard InChI is InChI=1S/C16H21N5O3/c1-4-5-8-17-20-16-18-15(22)12(19-21-16)9-11-6-7-13(23-2)14(10-11)24-3/h6-8,10H,4-5,9H2,1-3H3,(H2,18,20,21,22)/b17-8+. The molecule has 8 heteroatoms. The van der Waals surface area contributed by atoms with Crippen molar-refractivity contribution in [3.63, 3.8) is 0 Å². The molecule has 0 fully saturated rings. The van der Waals surface area contributed by atoms with E-state index in [1.54, 1.807) is 32.6 Å². The van der Waals surface area contributed by atoms with E-state index < -0.39 is 0 Å². The number of rotatable bonds is 8. The Balaban J connectivity index is 2.11. The van der Waals surface area contributed by atoms with Crippen molar-refractivity contribution < 1.29 is 9.47 Å². The van der Waals surface area contributed by atoms with Crippen LogP contribution in [0, 0.1) is 0 Å². The Kier molecular flexibility index (Phi) is 6.30. The molecule has 2 aromatic rings. The first-order valence-electron chi connectivity index (χ1n) is 7.62. The van der Waals surface area contributed by atoms with E-state index in [2.05, 4.69) is 32.6 Å². The van der Waals surface area contributed by atoms with Gasteiger partial charge >= 0.3 is 0 Å². The zero-order chi connectivity index (χ0) is 17.4. The van der Waals surface area contributed by atoms with E-state index in [1.165, 1.54) is 0 Å². The number of aromatic amines is 1. The van der Waals surface area contributed by atoms with Gasteiger partial charge in [-0.3, -0.25) is 9.78 Å². The van der Waals surface area contributed by atoms with Crippen molar-refractivity contribution in [2.75, 3.05) is 19.6 Å². The summed E-state index contributed by atoms with van der Waals surface area (Å²) in [6, 6.07) is 5.44. The zero-order valence-corrected chi connectivity index (χ0v) is 14.0. The van der Waals surface area contributed by atoms with Crippen molar-refractivity contribution in [1.82, 2.24) is 15.2 Å². The minimum Gasteiger partial charge on any atom is -0.493 e. The maximum atomic E-state index is 12.1. The summed E-state index contributed by atoms with van der Waals surface area (Å²) >= 11 is 0. The number of unbranched alkanes of at least 4 members (excludes halogenated alkanes) is 1. The Morgan fingerprint density at radius 2 is 2.04 bits per heavy atom. The van der Waals surface area contributed by atoms with Gasteiger partial charge < -0.3 is 9.47 Å². The lowest BCUT2D eigenvalue weighted by Crippen LogP contribution is -2.18. The van der Waals surface area contributed by atoms with E-state index in [0.29, 0.717) is 23.6 Å². The van der Waals surface area contributed by atoms with Crippen molar-refractivity contribution in [2.24, 2.45) is 5.10 Å². The molecule has 0 atom stereocenters. The third-order valence-corrected chi connectivity index (χ3v) is 3.26. The summed E-state index contributed by atoms with van der Waals surface area (Å²) in [5.41, 5.74) is 3.52. The molecule has 0 radical (unpaired) electrons. The first kappa shape index (κ1) is 17.5. The average molecular weight is 331 g/mol. The molecule has 0 aliphatic carbocycles. The highest BCUT2D eigenvalue weighted by Crippen LogP contribution is 2.27. The highest BCUT2D eigenvalue weighted by Gasteiger charge is 2.09. The van der Waals surface area contributed by atoms with Gasteiger partial charge in [0.2, 0.25) is 5.95 Å². The van der Waals surface area contributed by atoms with Crippen LogP contribution in [0.2, 0.25) is 0 Å². The molecule has 128 valence electrons. The second-order valence-electron chi connectivity index (χ2n) is 5.03. The number of benzene rings is 1. The smallest absolute Gasteiger partial charge is 0.274 e. The fourth-order valence-electron chi connectivity index (χ4n) is 2.01. The SMILES string of the molecule is CCC/C=N/Nc1nnc(Cc2ccc(OC)c(OC)c2)c(=O)[nH]1. The third-order valence-electron chi connectivity index (χ3n) is 3.26. The van der Waals surface area contributed by atoms with Gasteiger partial charge in [-0.15, -0.1) is 10.2 Å². The Morgan fingerprint density at radius 1 is 1.25 bits per heavy atom. The summed E-state index contributed by atoms with van der Waals surface area (Å²) in [5.74, 6) is 1.44. The molecule has 2 rings (SSSR count). The molecular weight excluding hydrogens is 310 g/mol. The molecule has 2 N–H and O–H groups in total. The molecular formula is C16H21N5O3. The fraction of sp³-hybridized carbons (Fsp3) is 0.375. The maximum absolute atomic E-state index is 12.1. The summed E-state index contributed by atoms with van der Waals surface area (Å²) < 4.78 is 10.4. The van der Waals surface area contributed by atoms with E-state index in [-0.39, 0.29) is 11.5 Å². The number of nitrogens with one attached hydrogen (secondary N) is 2. The number of methoxy groups -OCH3 is 2. The number of H-pyrrole nitrogens is 1. The van der Waals surface area contributed by atoms with Gasteiger partial charge in [-0.2, -0.15) is 5.10 Å². The first-order valence-corrected chi connectivity index (χ1v) is 7.62. The minimum atomic E-state index is -0.312. The Morgan fingerprint density at radius 3 is 2.71 bits per heavy atom. The van der Waals surface area contributed by atoms with E-state index in [4.69, 9.17) is 9.47 Å². The molecule has 8 nitrogen and oxygen atoms in total. The molecule has 0 unspecified atom stereocenters. The summed E-state index contributed by atoms with van der Waals surface area (Å²) in [6.07, 6.45) is 3.90. The lowest BCUT2D eigenvalue weighted by atomic mass is 10.1. The number of hydrogen-bond acceptors (Lipinski definition) is 7. The summed E-state index contributed by atoms with van der Waals surface area (Å²) in [7, 11) is 3.14. The lowest BCUT2D eigenvalue weighted by molar-refractivity contribution is 0.354. The summed E-state index contributed by atoms with van der Waals surface area (Å²) in [4.78, 5) is 14.7. The second kappa shape index (κ2) is 8.66.